The third-order valence-corrected chi connectivity index (χ3v) is 2.64. The summed E-state index contributed by atoms with van der Waals surface area (Å²) in [5, 5.41) is 15.2. The van der Waals surface area contributed by atoms with Crippen LogP contribution in [0.25, 0.3) is 0 Å². The summed E-state index contributed by atoms with van der Waals surface area (Å²) in [7, 11) is -4.84. The first kappa shape index (κ1) is 12.3. The molecule has 9 heteroatoms. The highest BCUT2D eigenvalue weighted by Gasteiger charge is 2.46. The fraction of sp³-hybridized carbons (Fsp3) is 0.750. The normalized spacial score (nSPS) is 19.1. The van der Waals surface area contributed by atoms with Gasteiger partial charge in [-0.05, 0) is 0 Å². The lowest BCUT2D eigenvalue weighted by molar-refractivity contribution is -0.136. The van der Waals surface area contributed by atoms with Crippen LogP contribution >= 0.6 is 0 Å². The average Bonchev–Trinajstić information content (AvgIpc) is 1.83. The molecule has 13 heavy (non-hydrogen) atoms. The highest BCUT2D eigenvalue weighted by atomic mass is 32.2. The minimum absolute atomic E-state index is 1.23. The molecule has 0 saturated carbocycles. The number of carbonyl (C=O) groups is 1. The van der Waals surface area contributed by atoms with Gasteiger partial charge in [-0.3, -0.25) is 15.1 Å². The first-order valence-corrected chi connectivity index (χ1v) is 4.52. The van der Waals surface area contributed by atoms with E-state index in [1.807, 2.05) is 0 Å². The second kappa shape index (κ2) is 3.55. The Kier molecular flexibility index (Phi) is 3.35. The highest BCUT2D eigenvalue weighted by Crippen LogP contribution is 2.10. The lowest BCUT2D eigenvalue weighted by Gasteiger charge is -2.25. The van der Waals surface area contributed by atoms with Gasteiger partial charge in [0.15, 0.2) is 5.25 Å². The Morgan fingerprint density at radius 2 is 1.92 bits per heavy atom. The summed E-state index contributed by atoms with van der Waals surface area (Å²) in [6, 6.07) is 0. The smallest absolute Gasteiger partial charge is 0.274 e. The Labute approximate surface area is 73.9 Å². The standard InChI is InChI=1S/C4H10N2O6S/c5-3(8)4(6,9)2(1-7)13(10,11)12/h2,7,9H,1,6H2,(H2,5,8)(H,10,11,12)/t2-,4+/m1/s1. The first-order valence-electron chi connectivity index (χ1n) is 3.02. The van der Waals surface area contributed by atoms with E-state index in [9.17, 15) is 13.2 Å². The molecule has 0 aromatic rings. The molecule has 0 heterocycles. The third kappa shape index (κ3) is 2.60. The zero-order chi connectivity index (χ0) is 10.9. The number of amides is 1. The minimum atomic E-state index is -4.84. The van der Waals surface area contributed by atoms with E-state index in [1.165, 1.54) is 0 Å². The maximum atomic E-state index is 10.5. The molecule has 0 rings (SSSR count). The molecule has 0 saturated heterocycles. The minimum Gasteiger partial charge on any atom is -0.395 e. The van der Waals surface area contributed by atoms with Crippen molar-refractivity contribution < 1.29 is 28.0 Å². The van der Waals surface area contributed by atoms with E-state index in [2.05, 4.69) is 5.73 Å². The van der Waals surface area contributed by atoms with Gasteiger partial charge in [0.25, 0.3) is 16.0 Å². The molecule has 0 bridgehead atoms. The van der Waals surface area contributed by atoms with Crippen molar-refractivity contribution in [1.29, 1.82) is 0 Å². The summed E-state index contributed by atoms with van der Waals surface area (Å²) in [4.78, 5) is 10.4. The van der Waals surface area contributed by atoms with Crippen LogP contribution in [0.3, 0.4) is 0 Å². The van der Waals surface area contributed by atoms with E-state index in [4.69, 9.17) is 20.5 Å². The van der Waals surface area contributed by atoms with Gasteiger partial charge in [0.1, 0.15) is 0 Å². The summed E-state index contributed by atoms with van der Waals surface area (Å²) in [6.07, 6.45) is 0. The van der Waals surface area contributed by atoms with Crippen LogP contribution in [0.2, 0.25) is 0 Å². The number of carbonyl (C=O) groups excluding carboxylic acids is 1. The van der Waals surface area contributed by atoms with Crippen molar-refractivity contribution in [2.24, 2.45) is 11.5 Å². The van der Waals surface area contributed by atoms with Crippen LogP contribution in [0.1, 0.15) is 0 Å². The molecule has 0 aliphatic rings. The van der Waals surface area contributed by atoms with Crippen molar-refractivity contribution in [3.8, 4) is 0 Å². The maximum absolute atomic E-state index is 10.5. The lowest BCUT2D eigenvalue weighted by atomic mass is 10.1. The molecule has 0 unspecified atom stereocenters. The van der Waals surface area contributed by atoms with Crippen LogP contribution in [-0.2, 0) is 14.9 Å². The highest BCUT2D eigenvalue weighted by molar-refractivity contribution is 7.86. The lowest BCUT2D eigenvalue weighted by Crippen LogP contribution is -2.63. The van der Waals surface area contributed by atoms with Crippen LogP contribution < -0.4 is 11.5 Å². The average molecular weight is 214 g/mol. The summed E-state index contributed by atoms with van der Waals surface area (Å²) < 4.78 is 29.3. The van der Waals surface area contributed by atoms with E-state index in [1.54, 1.807) is 0 Å². The number of primary amides is 1. The SMILES string of the molecule is NC(=O)[C@@](N)(O)[C@@H](CO)S(=O)(=O)O. The fourth-order valence-corrected chi connectivity index (χ4v) is 1.38. The first-order chi connectivity index (χ1) is 5.64. The van der Waals surface area contributed by atoms with Crippen LogP contribution in [0, 0.1) is 0 Å². The maximum Gasteiger partial charge on any atom is 0.274 e. The Bertz CT molecular complexity index is 296. The number of rotatable bonds is 4. The quantitative estimate of drug-likeness (QED) is 0.238. The van der Waals surface area contributed by atoms with Crippen molar-refractivity contribution >= 4 is 16.0 Å². The molecule has 0 spiro atoms. The number of aliphatic hydroxyl groups excluding tert-OH is 1. The van der Waals surface area contributed by atoms with Crippen LogP contribution in [-0.4, -0.2) is 46.7 Å². The molecule has 0 fully saturated rings. The predicted octanol–water partition coefficient (Wildman–Crippen LogP) is -3.63. The van der Waals surface area contributed by atoms with Gasteiger partial charge in [0, 0.05) is 0 Å². The molecule has 8 nitrogen and oxygen atoms in total. The summed E-state index contributed by atoms with van der Waals surface area (Å²) >= 11 is 0. The van der Waals surface area contributed by atoms with Gasteiger partial charge < -0.3 is 15.9 Å². The van der Waals surface area contributed by atoms with Crippen molar-refractivity contribution in [2.45, 2.75) is 11.0 Å². The van der Waals surface area contributed by atoms with E-state index < -0.39 is 33.6 Å². The molecule has 78 valence electrons. The Morgan fingerprint density at radius 3 is 2.00 bits per heavy atom. The molecule has 7 N–H and O–H groups in total. The zero-order valence-corrected chi connectivity index (χ0v) is 7.23. The number of hydrogen-bond donors (Lipinski definition) is 5. The number of hydrogen-bond acceptors (Lipinski definition) is 6. The van der Waals surface area contributed by atoms with Gasteiger partial charge in [0.2, 0.25) is 5.72 Å². The third-order valence-electron chi connectivity index (χ3n) is 1.41. The van der Waals surface area contributed by atoms with Crippen LogP contribution in [0.4, 0.5) is 0 Å². The Hall–Kier alpha value is -0.740. The topological polar surface area (TPSA) is 164 Å². The molecule has 0 aromatic carbocycles. The van der Waals surface area contributed by atoms with Gasteiger partial charge in [0.05, 0.1) is 6.61 Å². The van der Waals surface area contributed by atoms with Gasteiger partial charge in [-0.15, -0.1) is 0 Å². The molecule has 2 atom stereocenters. The summed E-state index contributed by atoms with van der Waals surface area (Å²) in [5.41, 5.74) is 6.33. The van der Waals surface area contributed by atoms with Crippen LogP contribution in [0.15, 0.2) is 0 Å². The van der Waals surface area contributed by atoms with Crippen molar-refractivity contribution in [1.82, 2.24) is 0 Å². The second-order valence-electron chi connectivity index (χ2n) is 2.38. The largest absolute Gasteiger partial charge is 0.395 e. The molecule has 0 aliphatic heterocycles. The summed E-state index contributed by atoms with van der Waals surface area (Å²) in [6.45, 7) is -1.23. The molecule has 0 aliphatic carbocycles. The van der Waals surface area contributed by atoms with Gasteiger partial charge in [-0.2, -0.15) is 8.42 Å². The van der Waals surface area contributed by atoms with Crippen LogP contribution in [0.5, 0.6) is 0 Å². The van der Waals surface area contributed by atoms with Gasteiger partial charge in [-0.1, -0.05) is 0 Å². The van der Waals surface area contributed by atoms with E-state index >= 15 is 0 Å². The molecule has 0 aromatic heterocycles. The Balaban J connectivity index is 5.12. The fourth-order valence-electron chi connectivity index (χ4n) is 0.619. The number of nitrogens with two attached hydrogens (primary N) is 2. The summed E-state index contributed by atoms with van der Waals surface area (Å²) in [5.74, 6) is -1.57. The van der Waals surface area contributed by atoms with E-state index in [-0.39, 0.29) is 0 Å². The van der Waals surface area contributed by atoms with E-state index in [0.29, 0.717) is 0 Å². The number of aliphatic hydroxyl groups is 2. The van der Waals surface area contributed by atoms with E-state index in [0.717, 1.165) is 0 Å². The second-order valence-corrected chi connectivity index (χ2v) is 3.97. The molecule has 1 amide bonds. The van der Waals surface area contributed by atoms with Gasteiger partial charge >= 0.3 is 0 Å². The zero-order valence-electron chi connectivity index (χ0n) is 6.41. The van der Waals surface area contributed by atoms with Crippen molar-refractivity contribution in [3.05, 3.63) is 0 Å². The van der Waals surface area contributed by atoms with Gasteiger partial charge in [-0.25, -0.2) is 0 Å². The molecular formula is C4H10N2O6S. The predicted molar refractivity (Wildman–Crippen MR) is 40.8 cm³/mol. The molecular weight excluding hydrogens is 204 g/mol. The monoisotopic (exact) mass is 214 g/mol. The van der Waals surface area contributed by atoms with Crippen molar-refractivity contribution in [2.75, 3.05) is 6.61 Å². The molecule has 0 radical (unpaired) electrons. The Morgan fingerprint density at radius 1 is 1.54 bits per heavy atom. The van der Waals surface area contributed by atoms with Crippen molar-refractivity contribution in [3.63, 3.8) is 0 Å².